The fourth-order valence-electron chi connectivity index (χ4n) is 1.85. The van der Waals surface area contributed by atoms with Gasteiger partial charge in [-0.15, -0.1) is 0 Å². The summed E-state index contributed by atoms with van der Waals surface area (Å²) in [7, 11) is 0. The van der Waals surface area contributed by atoms with Crippen LogP contribution in [0.4, 0.5) is 0 Å². The number of fused-ring (bicyclic) bond motifs is 1. The molecular weight excluding hydrogens is 144 g/mol. The Balaban J connectivity index is 2.43. The molecule has 0 amide bonds. The highest BCUT2D eigenvalue weighted by molar-refractivity contribution is 5.50. The topological polar surface area (TPSA) is 0 Å². The van der Waals surface area contributed by atoms with Crippen LogP contribution in [-0.2, 0) is 0 Å². The van der Waals surface area contributed by atoms with Gasteiger partial charge in [-0.05, 0) is 23.0 Å². The SMILES string of the molecule is CC1C=C2C=CC=CC=C2C1C. The molecule has 0 bridgehead atoms. The van der Waals surface area contributed by atoms with Gasteiger partial charge < -0.3 is 0 Å². The Morgan fingerprint density at radius 3 is 2.75 bits per heavy atom. The zero-order chi connectivity index (χ0) is 8.55. The summed E-state index contributed by atoms with van der Waals surface area (Å²) in [6, 6.07) is 0. The van der Waals surface area contributed by atoms with E-state index in [4.69, 9.17) is 0 Å². The lowest BCUT2D eigenvalue weighted by Crippen LogP contribution is -2.00. The van der Waals surface area contributed by atoms with Crippen LogP contribution in [0.3, 0.4) is 0 Å². The van der Waals surface area contributed by atoms with Crippen molar-refractivity contribution in [3.8, 4) is 0 Å². The zero-order valence-electron chi connectivity index (χ0n) is 7.62. The second kappa shape index (κ2) is 2.78. The van der Waals surface area contributed by atoms with Crippen molar-refractivity contribution in [2.45, 2.75) is 13.8 Å². The Bertz CT molecular complexity index is 300. The Labute approximate surface area is 74.0 Å². The third kappa shape index (κ3) is 1.08. The molecule has 0 aliphatic heterocycles. The summed E-state index contributed by atoms with van der Waals surface area (Å²) < 4.78 is 0. The molecule has 62 valence electrons. The molecule has 0 saturated heterocycles. The number of allylic oxidation sites excluding steroid dienone is 8. The number of rotatable bonds is 0. The van der Waals surface area contributed by atoms with E-state index in [-0.39, 0.29) is 0 Å². The average Bonchev–Trinajstić information content (AvgIpc) is 2.30. The summed E-state index contributed by atoms with van der Waals surface area (Å²) in [5.74, 6) is 1.38. The van der Waals surface area contributed by atoms with Gasteiger partial charge in [0.15, 0.2) is 0 Å². The Morgan fingerprint density at radius 1 is 1.08 bits per heavy atom. The van der Waals surface area contributed by atoms with Crippen molar-refractivity contribution in [3.05, 3.63) is 47.6 Å². The van der Waals surface area contributed by atoms with Crippen LogP contribution in [0.15, 0.2) is 47.6 Å². The predicted octanol–water partition coefficient (Wildman–Crippen LogP) is 3.25. The quantitative estimate of drug-likeness (QED) is 0.507. The lowest BCUT2D eigenvalue weighted by molar-refractivity contribution is 0.564. The van der Waals surface area contributed by atoms with E-state index in [1.807, 2.05) is 0 Å². The summed E-state index contributed by atoms with van der Waals surface area (Å²) in [6.45, 7) is 4.58. The maximum Gasteiger partial charge on any atom is -0.0124 e. The molecule has 12 heavy (non-hydrogen) atoms. The van der Waals surface area contributed by atoms with Gasteiger partial charge in [0.2, 0.25) is 0 Å². The molecule has 2 aliphatic rings. The molecule has 0 heterocycles. The molecule has 0 radical (unpaired) electrons. The third-order valence-electron chi connectivity index (χ3n) is 2.83. The molecular formula is C12H14. The summed E-state index contributed by atoms with van der Waals surface area (Å²) in [6.07, 6.45) is 13.1. The van der Waals surface area contributed by atoms with E-state index in [1.54, 1.807) is 0 Å². The normalized spacial score (nSPS) is 32.5. The van der Waals surface area contributed by atoms with Gasteiger partial charge in [-0.25, -0.2) is 0 Å². The maximum absolute atomic E-state index is 2.36. The Morgan fingerprint density at radius 2 is 1.92 bits per heavy atom. The van der Waals surface area contributed by atoms with Crippen LogP contribution in [0.5, 0.6) is 0 Å². The second-order valence-electron chi connectivity index (χ2n) is 3.64. The van der Waals surface area contributed by atoms with Crippen LogP contribution in [0.25, 0.3) is 0 Å². The first kappa shape index (κ1) is 7.60. The summed E-state index contributed by atoms with van der Waals surface area (Å²) in [5.41, 5.74) is 2.91. The number of hydrogen-bond donors (Lipinski definition) is 0. The Kier molecular flexibility index (Phi) is 1.76. The summed E-state index contributed by atoms with van der Waals surface area (Å²) >= 11 is 0. The minimum Gasteiger partial charge on any atom is -0.0735 e. The summed E-state index contributed by atoms with van der Waals surface area (Å²) in [4.78, 5) is 0. The smallest absolute Gasteiger partial charge is 0.0124 e. The second-order valence-corrected chi connectivity index (χ2v) is 3.64. The first-order valence-electron chi connectivity index (χ1n) is 4.56. The minimum absolute atomic E-state index is 0.687. The van der Waals surface area contributed by atoms with Crippen LogP contribution < -0.4 is 0 Å². The molecule has 0 aromatic carbocycles. The predicted molar refractivity (Wildman–Crippen MR) is 52.8 cm³/mol. The van der Waals surface area contributed by atoms with E-state index in [0.29, 0.717) is 11.8 Å². The van der Waals surface area contributed by atoms with E-state index in [0.717, 1.165) is 0 Å². The van der Waals surface area contributed by atoms with Crippen LogP contribution in [0, 0.1) is 11.8 Å². The van der Waals surface area contributed by atoms with Crippen LogP contribution in [0.1, 0.15) is 13.8 Å². The van der Waals surface area contributed by atoms with Gasteiger partial charge in [-0.1, -0.05) is 50.3 Å². The molecule has 2 aliphatic carbocycles. The fraction of sp³-hybridized carbons (Fsp3) is 0.333. The highest BCUT2D eigenvalue weighted by Gasteiger charge is 2.23. The van der Waals surface area contributed by atoms with E-state index >= 15 is 0 Å². The van der Waals surface area contributed by atoms with Crippen molar-refractivity contribution in [3.63, 3.8) is 0 Å². The maximum atomic E-state index is 2.36. The van der Waals surface area contributed by atoms with Gasteiger partial charge in [0.25, 0.3) is 0 Å². The zero-order valence-corrected chi connectivity index (χ0v) is 7.62. The first-order valence-corrected chi connectivity index (χ1v) is 4.56. The fourth-order valence-corrected chi connectivity index (χ4v) is 1.85. The van der Waals surface area contributed by atoms with Crippen LogP contribution in [0.2, 0.25) is 0 Å². The lowest BCUT2D eigenvalue weighted by Gasteiger charge is -2.10. The lowest BCUT2D eigenvalue weighted by atomic mass is 9.94. The molecule has 2 unspecified atom stereocenters. The van der Waals surface area contributed by atoms with Crippen molar-refractivity contribution in [2.24, 2.45) is 11.8 Å². The van der Waals surface area contributed by atoms with Crippen molar-refractivity contribution in [1.82, 2.24) is 0 Å². The minimum atomic E-state index is 0.687. The standard InChI is InChI=1S/C12H14/c1-9-8-11-6-4-3-5-7-12(11)10(9)2/h3-10H,1-2H3. The molecule has 0 saturated carbocycles. The van der Waals surface area contributed by atoms with Gasteiger partial charge in [-0.2, -0.15) is 0 Å². The van der Waals surface area contributed by atoms with Gasteiger partial charge in [0, 0.05) is 0 Å². The molecule has 2 atom stereocenters. The molecule has 0 N–H and O–H groups in total. The third-order valence-corrected chi connectivity index (χ3v) is 2.83. The molecule has 0 spiro atoms. The van der Waals surface area contributed by atoms with E-state index in [2.05, 4.69) is 50.3 Å². The van der Waals surface area contributed by atoms with E-state index in [1.165, 1.54) is 11.1 Å². The molecule has 0 fully saturated rings. The highest BCUT2D eigenvalue weighted by Crippen LogP contribution is 2.36. The van der Waals surface area contributed by atoms with Crippen molar-refractivity contribution < 1.29 is 0 Å². The first-order chi connectivity index (χ1) is 5.79. The molecule has 0 heteroatoms. The monoisotopic (exact) mass is 158 g/mol. The van der Waals surface area contributed by atoms with Gasteiger partial charge in [0.1, 0.15) is 0 Å². The molecule has 0 aromatic heterocycles. The van der Waals surface area contributed by atoms with Crippen molar-refractivity contribution in [2.75, 3.05) is 0 Å². The largest absolute Gasteiger partial charge is 0.0735 e. The summed E-state index contributed by atoms with van der Waals surface area (Å²) in [5, 5.41) is 0. The van der Waals surface area contributed by atoms with Crippen LogP contribution in [-0.4, -0.2) is 0 Å². The Hall–Kier alpha value is -1.04. The van der Waals surface area contributed by atoms with Gasteiger partial charge in [0.05, 0.1) is 0 Å². The number of hydrogen-bond acceptors (Lipinski definition) is 0. The average molecular weight is 158 g/mol. The molecule has 0 nitrogen and oxygen atoms in total. The highest BCUT2D eigenvalue weighted by atomic mass is 14.3. The molecule has 0 aromatic rings. The van der Waals surface area contributed by atoms with Crippen LogP contribution >= 0.6 is 0 Å². The van der Waals surface area contributed by atoms with Crippen molar-refractivity contribution in [1.29, 1.82) is 0 Å². The molecule has 2 rings (SSSR count). The van der Waals surface area contributed by atoms with Gasteiger partial charge in [-0.3, -0.25) is 0 Å². The van der Waals surface area contributed by atoms with Crippen molar-refractivity contribution >= 4 is 0 Å². The van der Waals surface area contributed by atoms with E-state index in [9.17, 15) is 0 Å². The van der Waals surface area contributed by atoms with E-state index < -0.39 is 0 Å². The van der Waals surface area contributed by atoms with Gasteiger partial charge >= 0.3 is 0 Å².